The van der Waals surface area contributed by atoms with Gasteiger partial charge >= 0.3 is 0 Å². The summed E-state index contributed by atoms with van der Waals surface area (Å²) in [5, 5.41) is 1.08. The minimum absolute atomic E-state index is 0.0941. The van der Waals surface area contributed by atoms with E-state index in [4.69, 9.17) is 16.0 Å². The number of fused-ring (bicyclic) bond motifs is 1. The molecule has 3 heterocycles. The molecule has 1 fully saturated rings. The van der Waals surface area contributed by atoms with Gasteiger partial charge in [-0.1, -0.05) is 0 Å². The average Bonchev–Trinajstić information content (AvgIpc) is 3.16. The van der Waals surface area contributed by atoms with E-state index in [9.17, 15) is 14.0 Å². The normalized spacial score (nSPS) is 15.0. The number of carbonyl (C=O) groups excluding carboxylic acids is 2. The fraction of sp³-hybridized carbons (Fsp3) is 0.318. The molecule has 7 heteroatoms. The first-order chi connectivity index (χ1) is 14.0. The quantitative estimate of drug-likeness (QED) is 0.575. The van der Waals surface area contributed by atoms with Crippen LogP contribution in [0.25, 0.3) is 10.9 Å². The number of rotatable bonds is 5. The Morgan fingerprint density at radius 3 is 2.69 bits per heavy atom. The third-order valence-electron chi connectivity index (χ3n) is 5.43. The highest BCUT2D eigenvalue weighted by Crippen LogP contribution is 2.32. The highest BCUT2D eigenvalue weighted by Gasteiger charge is 2.28. The Labute approximate surface area is 172 Å². The van der Waals surface area contributed by atoms with Crippen LogP contribution >= 0.6 is 11.6 Å². The Balaban J connectivity index is 1.37. The number of ketones is 1. The van der Waals surface area contributed by atoms with Gasteiger partial charge in [0.2, 0.25) is 5.78 Å². The van der Waals surface area contributed by atoms with Gasteiger partial charge in [0.1, 0.15) is 11.6 Å². The zero-order chi connectivity index (χ0) is 20.4. The SMILES string of the molecule is O=C(CCc1ccc(Cl)o1)C(=O)N1CCC(c2ccnc3ccc(F)cc23)CC1. The topological polar surface area (TPSA) is 63.4 Å². The van der Waals surface area contributed by atoms with Gasteiger partial charge in [-0.2, -0.15) is 0 Å². The van der Waals surface area contributed by atoms with E-state index in [1.807, 2.05) is 6.07 Å². The van der Waals surface area contributed by atoms with Gasteiger partial charge in [-0.15, -0.1) is 0 Å². The minimum atomic E-state index is -0.452. The van der Waals surface area contributed by atoms with E-state index in [2.05, 4.69) is 4.98 Å². The predicted molar refractivity (Wildman–Crippen MR) is 107 cm³/mol. The van der Waals surface area contributed by atoms with Crippen LogP contribution in [0.1, 0.15) is 36.5 Å². The van der Waals surface area contributed by atoms with Crippen LogP contribution in [0, 0.1) is 5.82 Å². The van der Waals surface area contributed by atoms with Gasteiger partial charge in [-0.05, 0) is 72.3 Å². The van der Waals surface area contributed by atoms with Gasteiger partial charge in [-0.25, -0.2) is 4.39 Å². The van der Waals surface area contributed by atoms with Crippen LogP contribution in [0.3, 0.4) is 0 Å². The molecule has 0 unspecified atom stereocenters. The number of piperidine rings is 1. The maximum absolute atomic E-state index is 13.7. The van der Waals surface area contributed by atoms with Crippen LogP contribution in [0.4, 0.5) is 4.39 Å². The number of nitrogens with zero attached hydrogens (tertiary/aromatic N) is 2. The van der Waals surface area contributed by atoms with Gasteiger partial charge < -0.3 is 9.32 Å². The van der Waals surface area contributed by atoms with E-state index >= 15 is 0 Å². The van der Waals surface area contributed by atoms with Crippen LogP contribution in [0.15, 0.2) is 47.0 Å². The predicted octanol–water partition coefficient (Wildman–Crippen LogP) is 4.53. The fourth-order valence-corrected chi connectivity index (χ4v) is 4.06. The molecule has 150 valence electrons. The molecule has 1 aliphatic rings. The second-order valence-corrected chi connectivity index (χ2v) is 7.63. The molecule has 0 N–H and O–H groups in total. The molecule has 0 saturated carbocycles. The smallest absolute Gasteiger partial charge is 0.289 e. The van der Waals surface area contributed by atoms with E-state index in [1.54, 1.807) is 29.3 Å². The summed E-state index contributed by atoms with van der Waals surface area (Å²) in [5.41, 5.74) is 1.80. The van der Waals surface area contributed by atoms with Crippen LogP contribution in [-0.2, 0) is 16.0 Å². The van der Waals surface area contributed by atoms with E-state index in [0.29, 0.717) is 25.3 Å². The molecule has 1 aromatic carbocycles. The summed E-state index contributed by atoms with van der Waals surface area (Å²) in [6, 6.07) is 9.83. The van der Waals surface area contributed by atoms with Gasteiger partial charge in [-0.3, -0.25) is 14.6 Å². The molecule has 0 radical (unpaired) electrons. The molecule has 0 bridgehead atoms. The van der Waals surface area contributed by atoms with E-state index in [1.165, 1.54) is 12.1 Å². The highest BCUT2D eigenvalue weighted by molar-refractivity contribution is 6.36. The molecule has 1 amide bonds. The summed E-state index contributed by atoms with van der Waals surface area (Å²) in [6.45, 7) is 1.00. The minimum Gasteiger partial charge on any atom is -0.450 e. The van der Waals surface area contributed by atoms with Crippen molar-refractivity contribution in [2.45, 2.75) is 31.6 Å². The molecule has 2 aromatic heterocycles. The maximum Gasteiger partial charge on any atom is 0.289 e. The number of hydrogen-bond donors (Lipinski definition) is 0. The van der Waals surface area contributed by atoms with Gasteiger partial charge in [0, 0.05) is 37.5 Å². The number of hydrogen-bond acceptors (Lipinski definition) is 4. The lowest BCUT2D eigenvalue weighted by atomic mass is 9.87. The standard InChI is InChI=1S/C22H20ClFN2O3/c23-21-6-3-16(29-21)2-5-20(27)22(28)26-11-8-14(9-12-26)17-7-10-25-19-4-1-15(24)13-18(17)19/h1,3-4,6-7,10,13-14H,2,5,8-9,11-12H2. The van der Waals surface area contributed by atoms with Crippen molar-refractivity contribution in [3.05, 3.63) is 65.0 Å². The first-order valence-electron chi connectivity index (χ1n) is 9.62. The van der Waals surface area contributed by atoms with Crippen LogP contribution in [0.5, 0.6) is 0 Å². The summed E-state index contributed by atoms with van der Waals surface area (Å²) in [4.78, 5) is 30.7. The second-order valence-electron chi connectivity index (χ2n) is 7.26. The number of furan rings is 1. The van der Waals surface area contributed by atoms with Crippen molar-refractivity contribution >= 4 is 34.2 Å². The zero-order valence-corrected chi connectivity index (χ0v) is 16.5. The summed E-state index contributed by atoms with van der Waals surface area (Å²) < 4.78 is 18.9. The number of benzene rings is 1. The Hall–Kier alpha value is -2.73. The van der Waals surface area contributed by atoms with Gasteiger partial charge in [0.25, 0.3) is 5.91 Å². The van der Waals surface area contributed by atoms with Crippen molar-refractivity contribution in [1.82, 2.24) is 9.88 Å². The zero-order valence-electron chi connectivity index (χ0n) is 15.7. The average molecular weight is 415 g/mol. The lowest BCUT2D eigenvalue weighted by Crippen LogP contribution is -2.41. The van der Waals surface area contributed by atoms with Crippen LogP contribution in [0.2, 0.25) is 5.22 Å². The Morgan fingerprint density at radius 1 is 1.17 bits per heavy atom. The first-order valence-corrected chi connectivity index (χ1v) is 9.99. The second kappa shape index (κ2) is 8.33. The Morgan fingerprint density at radius 2 is 1.97 bits per heavy atom. The number of likely N-dealkylation sites (tertiary alicyclic amines) is 1. The monoisotopic (exact) mass is 414 g/mol. The van der Waals surface area contributed by atoms with E-state index in [-0.39, 0.29) is 23.4 Å². The Kier molecular flexibility index (Phi) is 5.62. The first kappa shape index (κ1) is 19.6. The molecular formula is C22H20ClFN2O3. The highest BCUT2D eigenvalue weighted by atomic mass is 35.5. The molecule has 29 heavy (non-hydrogen) atoms. The lowest BCUT2D eigenvalue weighted by Gasteiger charge is -2.32. The molecule has 4 rings (SSSR count). The van der Waals surface area contributed by atoms with Crippen molar-refractivity contribution in [3.63, 3.8) is 0 Å². The fourth-order valence-electron chi connectivity index (χ4n) is 3.90. The van der Waals surface area contributed by atoms with Crippen LogP contribution in [-0.4, -0.2) is 34.7 Å². The molecule has 0 atom stereocenters. The maximum atomic E-state index is 13.7. The number of halogens is 2. The molecule has 0 spiro atoms. The van der Waals surface area contributed by atoms with Crippen molar-refractivity contribution in [2.24, 2.45) is 0 Å². The number of carbonyl (C=O) groups is 2. The summed E-state index contributed by atoms with van der Waals surface area (Å²) in [6.07, 6.45) is 3.63. The van der Waals surface area contributed by atoms with Crippen molar-refractivity contribution in [2.75, 3.05) is 13.1 Å². The molecule has 1 saturated heterocycles. The van der Waals surface area contributed by atoms with E-state index < -0.39 is 11.7 Å². The van der Waals surface area contributed by atoms with E-state index in [0.717, 1.165) is 29.3 Å². The van der Waals surface area contributed by atoms with Gasteiger partial charge in [0.05, 0.1) is 5.52 Å². The number of Topliss-reactive ketones (excluding diaryl/α,β-unsaturated/α-hetero) is 1. The number of amides is 1. The van der Waals surface area contributed by atoms with Crippen molar-refractivity contribution in [3.8, 4) is 0 Å². The number of aromatic nitrogens is 1. The summed E-state index contributed by atoms with van der Waals surface area (Å²) >= 11 is 5.72. The van der Waals surface area contributed by atoms with Crippen molar-refractivity contribution in [1.29, 1.82) is 0 Å². The Bertz CT molecular complexity index is 1060. The summed E-state index contributed by atoms with van der Waals surface area (Å²) in [5.74, 6) is -0.375. The molecular weight excluding hydrogens is 395 g/mol. The number of aryl methyl sites for hydroxylation is 1. The third kappa shape index (κ3) is 4.32. The molecule has 1 aliphatic heterocycles. The third-order valence-corrected chi connectivity index (χ3v) is 5.63. The lowest BCUT2D eigenvalue weighted by molar-refractivity contribution is -0.145. The molecule has 0 aliphatic carbocycles. The molecule has 3 aromatic rings. The largest absolute Gasteiger partial charge is 0.450 e. The van der Waals surface area contributed by atoms with Gasteiger partial charge in [0.15, 0.2) is 5.22 Å². The summed E-state index contributed by atoms with van der Waals surface area (Å²) in [7, 11) is 0. The van der Waals surface area contributed by atoms with Crippen LogP contribution < -0.4 is 0 Å². The number of pyridine rings is 1. The molecule has 5 nitrogen and oxygen atoms in total. The van der Waals surface area contributed by atoms with Crippen molar-refractivity contribution < 1.29 is 18.4 Å².